The number of benzene rings is 1. The zero-order valence-electron chi connectivity index (χ0n) is 16.4. The van der Waals surface area contributed by atoms with Crippen molar-refractivity contribution in [3.8, 4) is 0 Å². The number of rotatable bonds is 5. The van der Waals surface area contributed by atoms with Gasteiger partial charge < -0.3 is 14.6 Å². The molecule has 0 bridgehead atoms. The minimum Gasteiger partial charge on any atom is -0.387 e. The molecule has 0 unspecified atom stereocenters. The Labute approximate surface area is 164 Å². The summed E-state index contributed by atoms with van der Waals surface area (Å²) in [7, 11) is 0. The van der Waals surface area contributed by atoms with E-state index < -0.39 is 6.10 Å². The predicted molar refractivity (Wildman–Crippen MR) is 105 cm³/mol. The quantitative estimate of drug-likeness (QED) is 0.739. The lowest BCUT2D eigenvalue weighted by Gasteiger charge is -2.38. The van der Waals surface area contributed by atoms with Gasteiger partial charge in [-0.1, -0.05) is 35.5 Å². The zero-order valence-corrected chi connectivity index (χ0v) is 16.4. The topological polar surface area (TPSA) is 76.2 Å². The molecule has 146 valence electrons. The molecule has 1 aliphatic rings. The molecule has 1 fully saturated rings. The highest BCUT2D eigenvalue weighted by atomic mass is 16.3. The van der Waals surface area contributed by atoms with Gasteiger partial charge in [0.15, 0.2) is 0 Å². The lowest BCUT2D eigenvalue weighted by Crippen LogP contribution is -2.51. The summed E-state index contributed by atoms with van der Waals surface area (Å²) in [6.45, 7) is 7.67. The number of aliphatic hydroxyl groups is 1. The summed E-state index contributed by atoms with van der Waals surface area (Å²) >= 11 is 0. The number of aromatic nitrogens is 4. The molecule has 7 heteroatoms. The Balaban J connectivity index is 1.45. The molecule has 1 saturated heterocycles. The van der Waals surface area contributed by atoms with E-state index >= 15 is 0 Å². The van der Waals surface area contributed by atoms with Crippen molar-refractivity contribution in [2.75, 3.05) is 13.1 Å². The van der Waals surface area contributed by atoms with Crippen molar-refractivity contribution in [2.24, 2.45) is 0 Å². The zero-order chi connectivity index (χ0) is 19.8. The van der Waals surface area contributed by atoms with Gasteiger partial charge >= 0.3 is 0 Å². The van der Waals surface area contributed by atoms with Crippen molar-refractivity contribution in [1.29, 1.82) is 0 Å². The third-order valence-electron chi connectivity index (χ3n) is 5.47. The van der Waals surface area contributed by atoms with Gasteiger partial charge in [0.1, 0.15) is 5.69 Å². The monoisotopic (exact) mass is 379 g/mol. The van der Waals surface area contributed by atoms with E-state index in [0.717, 1.165) is 23.5 Å². The number of nitrogens with zero attached hydrogens (tertiary/aromatic N) is 5. The van der Waals surface area contributed by atoms with E-state index in [1.54, 1.807) is 17.8 Å². The van der Waals surface area contributed by atoms with Gasteiger partial charge in [-0.2, -0.15) is 0 Å². The van der Waals surface area contributed by atoms with Gasteiger partial charge in [-0.05, 0) is 32.4 Å². The summed E-state index contributed by atoms with van der Waals surface area (Å²) in [6.07, 6.45) is 1.12. The van der Waals surface area contributed by atoms with Crippen LogP contribution >= 0.6 is 0 Å². The average Bonchev–Trinajstić information content (AvgIpc) is 3.22. The Kier molecular flexibility index (Phi) is 4.77. The second kappa shape index (κ2) is 7.24. The van der Waals surface area contributed by atoms with Crippen LogP contribution in [0.25, 0.3) is 0 Å². The molecule has 7 nitrogen and oxygen atoms in total. The van der Waals surface area contributed by atoms with Crippen LogP contribution in [0.3, 0.4) is 0 Å². The first-order chi connectivity index (χ1) is 13.4. The van der Waals surface area contributed by atoms with Gasteiger partial charge in [0.25, 0.3) is 5.91 Å². The molecule has 1 atom stereocenters. The Morgan fingerprint density at radius 3 is 2.61 bits per heavy atom. The molecule has 0 radical (unpaired) electrons. The summed E-state index contributed by atoms with van der Waals surface area (Å²) in [5, 5.41) is 17.6. The van der Waals surface area contributed by atoms with E-state index in [-0.39, 0.29) is 11.9 Å². The van der Waals surface area contributed by atoms with Crippen molar-refractivity contribution < 1.29 is 9.90 Å². The van der Waals surface area contributed by atoms with E-state index in [0.29, 0.717) is 18.8 Å². The third kappa shape index (κ3) is 3.33. The van der Waals surface area contributed by atoms with Crippen LogP contribution in [0.15, 0.2) is 42.6 Å². The first kappa shape index (κ1) is 18.4. The normalized spacial score (nSPS) is 15.5. The molecule has 0 spiro atoms. The molecule has 1 aromatic carbocycles. The second-order valence-corrected chi connectivity index (χ2v) is 7.52. The van der Waals surface area contributed by atoms with E-state index in [9.17, 15) is 9.90 Å². The Hall–Kier alpha value is -2.93. The third-order valence-corrected chi connectivity index (χ3v) is 5.47. The van der Waals surface area contributed by atoms with Crippen LogP contribution in [0.5, 0.6) is 0 Å². The number of carbonyl (C=O) groups is 1. The molecule has 0 saturated carbocycles. The molecular weight excluding hydrogens is 354 g/mol. The van der Waals surface area contributed by atoms with Crippen molar-refractivity contribution >= 4 is 5.91 Å². The van der Waals surface area contributed by atoms with Gasteiger partial charge in [0.05, 0.1) is 23.9 Å². The highest BCUT2D eigenvalue weighted by Crippen LogP contribution is 2.26. The van der Waals surface area contributed by atoms with Gasteiger partial charge in [0.2, 0.25) is 0 Å². The molecule has 1 aliphatic heterocycles. The first-order valence-electron chi connectivity index (χ1n) is 9.53. The molecule has 3 heterocycles. The molecule has 0 aliphatic carbocycles. The van der Waals surface area contributed by atoms with Crippen LogP contribution in [-0.4, -0.2) is 48.6 Å². The van der Waals surface area contributed by atoms with E-state index in [4.69, 9.17) is 0 Å². The van der Waals surface area contributed by atoms with E-state index in [1.807, 2.05) is 43.0 Å². The predicted octanol–water partition coefficient (Wildman–Crippen LogP) is 2.50. The van der Waals surface area contributed by atoms with Crippen molar-refractivity contribution in [3.05, 3.63) is 70.8 Å². The van der Waals surface area contributed by atoms with Crippen LogP contribution in [0, 0.1) is 13.8 Å². The van der Waals surface area contributed by atoms with Crippen LogP contribution in [-0.2, 0) is 6.54 Å². The maximum atomic E-state index is 13.0. The lowest BCUT2D eigenvalue weighted by molar-refractivity contribution is 0.0497. The maximum absolute atomic E-state index is 13.0. The van der Waals surface area contributed by atoms with Crippen LogP contribution in [0.4, 0.5) is 0 Å². The summed E-state index contributed by atoms with van der Waals surface area (Å²) in [4.78, 5) is 14.8. The van der Waals surface area contributed by atoms with E-state index in [2.05, 4.69) is 27.0 Å². The van der Waals surface area contributed by atoms with Gasteiger partial charge in [-0.3, -0.25) is 4.79 Å². The number of aliphatic hydroxyl groups excluding tert-OH is 1. The molecule has 1 amide bonds. The van der Waals surface area contributed by atoms with Gasteiger partial charge in [-0.25, -0.2) is 4.68 Å². The second-order valence-electron chi connectivity index (χ2n) is 7.52. The molecule has 28 heavy (non-hydrogen) atoms. The Morgan fingerprint density at radius 1 is 1.25 bits per heavy atom. The number of amides is 1. The number of carbonyl (C=O) groups excluding carboxylic acids is 1. The van der Waals surface area contributed by atoms with Crippen LogP contribution < -0.4 is 0 Å². The standard InChI is InChI=1S/C21H25N5O2/c1-14-9-19(15(2)25(14)10-17-7-5-4-6-8-17)21(28)24-11-18(12-24)26-13-20(16(3)27)22-23-26/h4-9,13,16,18,27H,10-12H2,1-3H3/t16-/m1/s1. The smallest absolute Gasteiger partial charge is 0.255 e. The fraction of sp³-hybridized carbons (Fsp3) is 0.381. The van der Waals surface area contributed by atoms with Crippen molar-refractivity contribution in [1.82, 2.24) is 24.5 Å². The van der Waals surface area contributed by atoms with Gasteiger partial charge in [0, 0.05) is 31.0 Å². The van der Waals surface area contributed by atoms with Crippen LogP contribution in [0.1, 0.15) is 52.1 Å². The Morgan fingerprint density at radius 2 is 1.96 bits per heavy atom. The molecular formula is C21H25N5O2. The maximum Gasteiger partial charge on any atom is 0.255 e. The fourth-order valence-corrected chi connectivity index (χ4v) is 3.65. The minimum atomic E-state index is -0.637. The highest BCUT2D eigenvalue weighted by Gasteiger charge is 2.34. The SMILES string of the molecule is Cc1cc(C(=O)N2CC(n3cc([C@@H](C)O)nn3)C2)c(C)n1Cc1ccccc1. The summed E-state index contributed by atoms with van der Waals surface area (Å²) in [5.41, 5.74) is 4.60. The number of likely N-dealkylation sites (tertiary alicyclic amines) is 1. The largest absolute Gasteiger partial charge is 0.387 e. The number of aryl methyl sites for hydroxylation is 1. The fourth-order valence-electron chi connectivity index (χ4n) is 3.65. The molecule has 4 rings (SSSR count). The number of hydrogen-bond acceptors (Lipinski definition) is 4. The van der Waals surface area contributed by atoms with Crippen LogP contribution in [0.2, 0.25) is 0 Å². The summed E-state index contributed by atoms with van der Waals surface area (Å²) < 4.78 is 3.93. The highest BCUT2D eigenvalue weighted by molar-refractivity contribution is 5.96. The molecule has 3 aromatic rings. The summed E-state index contributed by atoms with van der Waals surface area (Å²) in [5.74, 6) is 0.0551. The average molecular weight is 379 g/mol. The van der Waals surface area contributed by atoms with Crippen molar-refractivity contribution in [2.45, 2.75) is 39.5 Å². The lowest BCUT2D eigenvalue weighted by atomic mass is 10.1. The first-order valence-corrected chi connectivity index (χ1v) is 9.53. The minimum absolute atomic E-state index is 0.0551. The molecule has 2 aromatic heterocycles. The van der Waals surface area contributed by atoms with Gasteiger partial charge in [-0.15, -0.1) is 5.10 Å². The van der Waals surface area contributed by atoms with Crippen molar-refractivity contribution in [3.63, 3.8) is 0 Å². The summed E-state index contributed by atoms with van der Waals surface area (Å²) in [6, 6.07) is 12.4. The van der Waals surface area contributed by atoms with E-state index in [1.165, 1.54) is 5.56 Å². The number of hydrogen-bond donors (Lipinski definition) is 1. The Bertz CT molecular complexity index is 984. The molecule has 1 N–H and O–H groups in total.